The Bertz CT molecular complexity index is 1260. The van der Waals surface area contributed by atoms with Crippen molar-refractivity contribution in [3.05, 3.63) is 22.9 Å². The second kappa shape index (κ2) is 9.82. The van der Waals surface area contributed by atoms with Crippen LogP contribution in [0.5, 0.6) is 11.5 Å². The summed E-state index contributed by atoms with van der Waals surface area (Å²) in [6.45, 7) is 5.41. The van der Waals surface area contributed by atoms with Gasteiger partial charge in [0.2, 0.25) is 6.29 Å². The van der Waals surface area contributed by atoms with Gasteiger partial charge in [-0.1, -0.05) is 11.8 Å². The van der Waals surface area contributed by atoms with E-state index in [1.807, 2.05) is 19.1 Å². The molecule has 1 aromatic carbocycles. The quantitative estimate of drug-likeness (QED) is 0.464. The van der Waals surface area contributed by atoms with E-state index in [4.69, 9.17) is 20.2 Å². The molecular weight excluding hydrogens is 536 g/mol. The second-order valence-corrected chi connectivity index (χ2v) is 10.7. The third-order valence-electron chi connectivity index (χ3n) is 6.36. The van der Waals surface area contributed by atoms with Gasteiger partial charge in [-0.2, -0.15) is 0 Å². The number of aryl methyl sites for hydroxylation is 1. The number of hydrogen-bond donors (Lipinski definition) is 2. The zero-order chi connectivity index (χ0) is 24.7. The van der Waals surface area contributed by atoms with Gasteiger partial charge in [-0.25, -0.2) is 15.0 Å². The van der Waals surface area contributed by atoms with Crippen LogP contribution in [0.3, 0.4) is 0 Å². The lowest BCUT2D eigenvalue weighted by atomic mass is 9.93. The Balaban J connectivity index is 1.36. The number of aliphatic hydroxyl groups is 1. The highest BCUT2D eigenvalue weighted by atomic mass is 79.9. The number of aromatic nitrogens is 4. The number of nitrogen functional groups attached to an aromatic ring is 1. The molecule has 5 rings (SSSR count). The van der Waals surface area contributed by atoms with Crippen molar-refractivity contribution in [1.82, 2.24) is 24.4 Å². The number of piperidine rings is 1. The number of nitrogens with zero attached hydrogens (tertiary/aromatic N) is 5. The summed E-state index contributed by atoms with van der Waals surface area (Å²) in [6, 6.07) is 3.85. The number of amides is 1. The molecule has 3 aromatic rings. The number of anilines is 1. The zero-order valence-corrected chi connectivity index (χ0v) is 21.9. The number of hydrogen-bond acceptors (Lipinski definition) is 9. The smallest absolute Gasteiger partial charge is 0.251 e. The molecule has 2 atom stereocenters. The van der Waals surface area contributed by atoms with Gasteiger partial charge < -0.3 is 29.8 Å². The highest BCUT2D eigenvalue weighted by Gasteiger charge is 2.27. The summed E-state index contributed by atoms with van der Waals surface area (Å²) in [5.41, 5.74) is 7.40. The van der Waals surface area contributed by atoms with Crippen LogP contribution in [0.15, 0.2) is 33.0 Å². The van der Waals surface area contributed by atoms with Gasteiger partial charge in [0.15, 0.2) is 33.6 Å². The molecule has 3 N–H and O–H groups in total. The Kier molecular flexibility index (Phi) is 6.78. The highest BCUT2D eigenvalue weighted by Crippen LogP contribution is 2.44. The van der Waals surface area contributed by atoms with Crippen LogP contribution in [-0.4, -0.2) is 60.9 Å². The summed E-state index contributed by atoms with van der Waals surface area (Å²) in [7, 11) is 0. The van der Waals surface area contributed by atoms with Crippen molar-refractivity contribution in [2.75, 3.05) is 18.8 Å². The molecule has 0 spiro atoms. The Morgan fingerprint density at radius 3 is 2.71 bits per heavy atom. The Labute approximate surface area is 215 Å². The minimum absolute atomic E-state index is 0.196. The fourth-order valence-electron chi connectivity index (χ4n) is 4.49. The zero-order valence-electron chi connectivity index (χ0n) is 19.5. The fraction of sp³-hybridized carbons (Fsp3) is 0.478. The number of likely N-dealkylation sites (tertiary alicyclic amines) is 1. The van der Waals surface area contributed by atoms with Crippen LogP contribution < -0.4 is 15.2 Å². The Morgan fingerprint density at radius 1 is 1.29 bits per heavy atom. The SMILES string of the molecule is CC1Oc2cc(Br)c(Sc3nc4c(N)ncnc4n3CCC3CCN(C(=O)[C@H](C)O)CC3)cc2O1. The van der Waals surface area contributed by atoms with Gasteiger partial charge in [0.25, 0.3) is 5.91 Å². The van der Waals surface area contributed by atoms with Gasteiger partial charge >= 0.3 is 0 Å². The van der Waals surface area contributed by atoms with Crippen LogP contribution in [0, 0.1) is 5.92 Å². The van der Waals surface area contributed by atoms with E-state index >= 15 is 0 Å². The van der Waals surface area contributed by atoms with Crippen LogP contribution in [0.4, 0.5) is 5.82 Å². The van der Waals surface area contributed by atoms with E-state index in [1.54, 1.807) is 4.90 Å². The second-order valence-electron chi connectivity index (χ2n) is 8.85. The predicted molar refractivity (Wildman–Crippen MR) is 134 cm³/mol. The number of carbonyl (C=O) groups excluding carboxylic acids is 1. The minimum atomic E-state index is -0.952. The van der Waals surface area contributed by atoms with Crippen LogP contribution in [0.1, 0.15) is 33.1 Å². The topological polar surface area (TPSA) is 129 Å². The maximum atomic E-state index is 12.1. The Morgan fingerprint density at radius 2 is 2.00 bits per heavy atom. The van der Waals surface area contributed by atoms with Crippen molar-refractivity contribution in [1.29, 1.82) is 0 Å². The molecule has 12 heteroatoms. The van der Waals surface area contributed by atoms with Gasteiger partial charge in [-0.05, 0) is 60.2 Å². The molecule has 2 aliphatic rings. The van der Waals surface area contributed by atoms with E-state index in [0.29, 0.717) is 54.0 Å². The third-order valence-corrected chi connectivity index (χ3v) is 8.33. The monoisotopic (exact) mass is 562 g/mol. The lowest BCUT2D eigenvalue weighted by Gasteiger charge is -2.32. The molecule has 186 valence electrons. The van der Waals surface area contributed by atoms with Crippen molar-refractivity contribution in [3.63, 3.8) is 0 Å². The number of imidazole rings is 1. The molecule has 1 saturated heterocycles. The van der Waals surface area contributed by atoms with E-state index in [-0.39, 0.29) is 12.2 Å². The van der Waals surface area contributed by atoms with Crippen molar-refractivity contribution < 1.29 is 19.4 Å². The van der Waals surface area contributed by atoms with Crippen molar-refractivity contribution in [2.45, 2.75) is 62.1 Å². The van der Waals surface area contributed by atoms with E-state index in [9.17, 15) is 9.90 Å². The first-order valence-corrected chi connectivity index (χ1v) is 13.2. The van der Waals surface area contributed by atoms with Crippen molar-refractivity contribution in [3.8, 4) is 11.5 Å². The van der Waals surface area contributed by atoms with Gasteiger partial charge in [0.1, 0.15) is 12.4 Å². The third kappa shape index (κ3) is 4.91. The number of nitrogens with two attached hydrogens (primary N) is 1. The molecule has 2 aliphatic heterocycles. The molecule has 35 heavy (non-hydrogen) atoms. The number of carbonyl (C=O) groups is 1. The van der Waals surface area contributed by atoms with E-state index < -0.39 is 6.10 Å². The number of rotatable bonds is 6. The van der Waals surface area contributed by atoms with Crippen LogP contribution in [0.2, 0.25) is 0 Å². The van der Waals surface area contributed by atoms with Gasteiger partial charge in [0, 0.05) is 35.9 Å². The maximum Gasteiger partial charge on any atom is 0.251 e. The first-order chi connectivity index (χ1) is 16.8. The van der Waals surface area contributed by atoms with E-state index in [1.165, 1.54) is 25.0 Å². The van der Waals surface area contributed by atoms with E-state index in [0.717, 1.165) is 33.8 Å². The minimum Gasteiger partial charge on any atom is -0.451 e. The number of aliphatic hydroxyl groups excluding tert-OH is 1. The first-order valence-electron chi connectivity index (χ1n) is 11.6. The average molecular weight is 563 g/mol. The Hall–Kier alpha value is -2.57. The van der Waals surface area contributed by atoms with Crippen molar-refractivity contribution >= 4 is 50.6 Å². The molecule has 0 aliphatic carbocycles. The summed E-state index contributed by atoms with van der Waals surface area (Å²) in [5, 5.41) is 10.3. The normalized spacial score (nSPS) is 18.9. The van der Waals surface area contributed by atoms with Crippen LogP contribution >= 0.6 is 27.7 Å². The average Bonchev–Trinajstić information content (AvgIpc) is 3.37. The van der Waals surface area contributed by atoms with E-state index in [2.05, 4.69) is 30.5 Å². The lowest BCUT2D eigenvalue weighted by Crippen LogP contribution is -2.43. The fourth-order valence-corrected chi connectivity index (χ4v) is 6.00. The number of halogens is 1. The molecule has 0 radical (unpaired) electrons. The highest BCUT2D eigenvalue weighted by molar-refractivity contribution is 9.10. The summed E-state index contributed by atoms with van der Waals surface area (Å²) in [5.74, 6) is 2.01. The molecule has 0 saturated carbocycles. The summed E-state index contributed by atoms with van der Waals surface area (Å²) in [6.07, 6.45) is 2.90. The number of ether oxygens (including phenoxy) is 2. The van der Waals surface area contributed by atoms with Gasteiger partial charge in [0.05, 0.1) is 0 Å². The standard InChI is InChI=1S/C23H27BrN6O4S/c1-12(31)22(32)29-6-3-14(4-7-29)5-8-30-21-19(20(25)26-11-27-21)28-23(30)35-18-10-17-16(9-15(18)24)33-13(2)34-17/h9-14,31H,3-8H2,1-2H3,(H2,25,26,27)/t12-,13?/m0/s1. The number of benzene rings is 1. The molecule has 1 unspecified atom stereocenters. The summed E-state index contributed by atoms with van der Waals surface area (Å²) in [4.78, 5) is 28.1. The first kappa shape index (κ1) is 24.1. The molecular formula is C23H27BrN6O4S. The number of fused-ring (bicyclic) bond motifs is 2. The maximum absolute atomic E-state index is 12.1. The molecule has 10 nitrogen and oxygen atoms in total. The van der Waals surface area contributed by atoms with Crippen LogP contribution in [0.25, 0.3) is 11.2 Å². The van der Waals surface area contributed by atoms with Crippen LogP contribution in [-0.2, 0) is 11.3 Å². The molecule has 0 bridgehead atoms. The molecule has 2 aromatic heterocycles. The van der Waals surface area contributed by atoms with Crippen molar-refractivity contribution in [2.24, 2.45) is 5.92 Å². The van der Waals surface area contributed by atoms with Gasteiger partial charge in [-0.15, -0.1) is 0 Å². The molecule has 4 heterocycles. The molecule has 1 fully saturated rings. The predicted octanol–water partition coefficient (Wildman–Crippen LogP) is 3.45. The summed E-state index contributed by atoms with van der Waals surface area (Å²) >= 11 is 5.15. The summed E-state index contributed by atoms with van der Waals surface area (Å²) < 4.78 is 14.4. The largest absolute Gasteiger partial charge is 0.451 e. The molecule has 1 amide bonds. The van der Waals surface area contributed by atoms with Gasteiger partial charge in [-0.3, -0.25) is 4.79 Å². The lowest BCUT2D eigenvalue weighted by molar-refractivity contribution is -0.140.